The molecule has 0 bridgehead atoms. The Kier molecular flexibility index (Phi) is 5.34. The number of rotatable bonds is 6. The Balaban J connectivity index is 2.36. The lowest BCUT2D eigenvalue weighted by Crippen LogP contribution is -2.43. The number of hydrogen-bond acceptors (Lipinski definition) is 4. The van der Waals surface area contributed by atoms with Gasteiger partial charge in [0.05, 0.1) is 18.3 Å². The van der Waals surface area contributed by atoms with E-state index in [1.807, 2.05) is 20.8 Å². The van der Waals surface area contributed by atoms with Crippen LogP contribution in [0.5, 0.6) is 0 Å². The van der Waals surface area contributed by atoms with Crippen molar-refractivity contribution in [1.29, 1.82) is 0 Å². The van der Waals surface area contributed by atoms with Gasteiger partial charge in [-0.2, -0.15) is 0 Å². The number of oxazole rings is 1. The maximum absolute atomic E-state index is 11.7. The number of carbonyl (C=O) groups is 1. The van der Waals surface area contributed by atoms with E-state index in [4.69, 9.17) is 4.42 Å². The van der Waals surface area contributed by atoms with Gasteiger partial charge in [-0.25, -0.2) is 4.98 Å². The predicted octanol–water partition coefficient (Wildman–Crippen LogP) is 1.54. The molecule has 1 atom stereocenters. The zero-order valence-electron chi connectivity index (χ0n) is 11.8. The van der Waals surface area contributed by atoms with Gasteiger partial charge in [0.2, 0.25) is 11.8 Å². The predicted molar refractivity (Wildman–Crippen MR) is 70.1 cm³/mol. The summed E-state index contributed by atoms with van der Waals surface area (Å²) in [4.78, 5) is 16.0. The fraction of sp³-hybridized carbons (Fsp3) is 0.692. The van der Waals surface area contributed by atoms with Gasteiger partial charge in [0.25, 0.3) is 0 Å². The van der Waals surface area contributed by atoms with Crippen molar-refractivity contribution in [3.63, 3.8) is 0 Å². The summed E-state index contributed by atoms with van der Waals surface area (Å²) in [6.07, 6.45) is 0. The third-order valence-corrected chi connectivity index (χ3v) is 2.71. The van der Waals surface area contributed by atoms with E-state index < -0.39 is 0 Å². The molecule has 5 nitrogen and oxygen atoms in total. The van der Waals surface area contributed by atoms with Gasteiger partial charge in [0.15, 0.2) is 0 Å². The van der Waals surface area contributed by atoms with E-state index in [-0.39, 0.29) is 11.9 Å². The lowest BCUT2D eigenvalue weighted by Gasteiger charge is -2.14. The molecule has 0 aliphatic rings. The molecule has 1 amide bonds. The van der Waals surface area contributed by atoms with Gasteiger partial charge in [-0.3, -0.25) is 10.1 Å². The summed E-state index contributed by atoms with van der Waals surface area (Å²) in [6.45, 7) is 10.9. The van der Waals surface area contributed by atoms with E-state index in [0.29, 0.717) is 24.9 Å². The topological polar surface area (TPSA) is 67.2 Å². The Morgan fingerprint density at radius 2 is 2.00 bits per heavy atom. The zero-order chi connectivity index (χ0) is 13.7. The molecule has 1 aromatic heterocycles. The van der Waals surface area contributed by atoms with E-state index in [1.165, 1.54) is 0 Å². The number of carbonyl (C=O) groups excluding carboxylic acids is 1. The number of nitrogens with zero attached hydrogens (tertiary/aromatic N) is 1. The highest BCUT2D eigenvalue weighted by molar-refractivity contribution is 5.81. The third-order valence-electron chi connectivity index (χ3n) is 2.71. The van der Waals surface area contributed by atoms with Gasteiger partial charge in [0.1, 0.15) is 5.76 Å². The molecule has 2 N–H and O–H groups in total. The molecular weight excluding hydrogens is 230 g/mol. The molecule has 102 valence electrons. The molecule has 0 aliphatic carbocycles. The van der Waals surface area contributed by atoms with E-state index in [0.717, 1.165) is 11.5 Å². The number of amides is 1. The summed E-state index contributed by atoms with van der Waals surface area (Å²) in [5.74, 6) is 1.90. The van der Waals surface area contributed by atoms with Gasteiger partial charge >= 0.3 is 0 Å². The molecule has 5 heteroatoms. The van der Waals surface area contributed by atoms with E-state index in [2.05, 4.69) is 29.5 Å². The van der Waals surface area contributed by atoms with Crippen molar-refractivity contribution in [2.75, 3.05) is 6.54 Å². The zero-order valence-corrected chi connectivity index (χ0v) is 11.8. The normalized spacial score (nSPS) is 12.8. The van der Waals surface area contributed by atoms with Gasteiger partial charge < -0.3 is 9.73 Å². The quantitative estimate of drug-likeness (QED) is 0.807. The second-order valence-corrected chi connectivity index (χ2v) is 4.99. The maximum Gasteiger partial charge on any atom is 0.236 e. The smallest absolute Gasteiger partial charge is 0.236 e. The summed E-state index contributed by atoms with van der Waals surface area (Å²) in [6, 6.07) is -0.253. The van der Waals surface area contributed by atoms with Crippen molar-refractivity contribution in [2.45, 2.75) is 47.2 Å². The average Bonchev–Trinajstić information content (AvgIpc) is 2.62. The lowest BCUT2D eigenvalue weighted by atomic mass is 10.2. The van der Waals surface area contributed by atoms with Gasteiger partial charge in [-0.1, -0.05) is 13.8 Å². The van der Waals surface area contributed by atoms with Crippen molar-refractivity contribution in [3.05, 3.63) is 17.3 Å². The van der Waals surface area contributed by atoms with E-state index in [9.17, 15) is 4.79 Å². The summed E-state index contributed by atoms with van der Waals surface area (Å²) >= 11 is 0. The molecule has 0 saturated heterocycles. The Labute approximate surface area is 108 Å². The molecule has 1 unspecified atom stereocenters. The van der Waals surface area contributed by atoms with Crippen molar-refractivity contribution < 1.29 is 9.21 Å². The number of aryl methyl sites for hydroxylation is 2. The second kappa shape index (κ2) is 6.54. The maximum atomic E-state index is 11.7. The van der Waals surface area contributed by atoms with Crippen LogP contribution >= 0.6 is 0 Å². The van der Waals surface area contributed by atoms with Crippen LogP contribution in [0.4, 0.5) is 0 Å². The number of hydrogen-bond donors (Lipinski definition) is 2. The standard InChI is InChI=1S/C13H23N3O2/c1-8(2)6-15-13(17)10(4)14-7-12-16-9(3)11(5)18-12/h8,10,14H,6-7H2,1-5H3,(H,15,17). The van der Waals surface area contributed by atoms with Crippen molar-refractivity contribution in [2.24, 2.45) is 5.92 Å². The molecular formula is C13H23N3O2. The lowest BCUT2D eigenvalue weighted by molar-refractivity contribution is -0.122. The fourth-order valence-electron chi connectivity index (χ4n) is 1.41. The molecule has 0 radical (unpaired) electrons. The first-order valence-corrected chi connectivity index (χ1v) is 6.34. The fourth-order valence-corrected chi connectivity index (χ4v) is 1.41. The molecule has 1 heterocycles. The average molecular weight is 253 g/mol. The molecule has 0 fully saturated rings. The van der Waals surface area contributed by atoms with Crippen LogP contribution < -0.4 is 10.6 Å². The van der Waals surface area contributed by atoms with E-state index >= 15 is 0 Å². The third kappa shape index (κ3) is 4.49. The van der Waals surface area contributed by atoms with Crippen LogP contribution in [0.3, 0.4) is 0 Å². The molecule has 0 aliphatic heterocycles. The Hall–Kier alpha value is -1.36. The Morgan fingerprint density at radius 3 is 2.50 bits per heavy atom. The summed E-state index contributed by atoms with van der Waals surface area (Å²) in [5.41, 5.74) is 0.892. The molecule has 1 rings (SSSR count). The first-order chi connectivity index (χ1) is 8.40. The molecule has 18 heavy (non-hydrogen) atoms. The highest BCUT2D eigenvalue weighted by Gasteiger charge is 2.13. The number of aromatic nitrogens is 1. The summed E-state index contributed by atoms with van der Waals surface area (Å²) < 4.78 is 5.44. The van der Waals surface area contributed by atoms with Crippen molar-refractivity contribution >= 4 is 5.91 Å². The monoisotopic (exact) mass is 253 g/mol. The summed E-state index contributed by atoms with van der Waals surface area (Å²) in [7, 11) is 0. The molecule has 0 spiro atoms. The first-order valence-electron chi connectivity index (χ1n) is 6.34. The van der Waals surface area contributed by atoms with E-state index in [1.54, 1.807) is 0 Å². The minimum absolute atomic E-state index is 0.00343. The van der Waals surface area contributed by atoms with Crippen LogP contribution in [0.1, 0.15) is 38.1 Å². The van der Waals surface area contributed by atoms with Crippen molar-refractivity contribution in [3.8, 4) is 0 Å². The number of nitrogens with one attached hydrogen (secondary N) is 2. The SMILES string of the molecule is Cc1nc(CNC(C)C(=O)NCC(C)C)oc1C. The van der Waals surface area contributed by atoms with Crippen LogP contribution in [0.2, 0.25) is 0 Å². The van der Waals surface area contributed by atoms with Gasteiger partial charge in [0, 0.05) is 6.54 Å². The minimum atomic E-state index is -0.253. The Bertz CT molecular complexity index is 379. The minimum Gasteiger partial charge on any atom is -0.444 e. The van der Waals surface area contributed by atoms with Gasteiger partial charge in [-0.15, -0.1) is 0 Å². The van der Waals surface area contributed by atoms with Gasteiger partial charge in [-0.05, 0) is 26.7 Å². The summed E-state index contributed by atoms with van der Waals surface area (Å²) in [5, 5.41) is 5.98. The van der Waals surface area contributed by atoms with Crippen LogP contribution in [0, 0.1) is 19.8 Å². The van der Waals surface area contributed by atoms with Crippen LogP contribution in [-0.2, 0) is 11.3 Å². The second-order valence-electron chi connectivity index (χ2n) is 4.99. The molecule has 0 saturated carbocycles. The Morgan fingerprint density at radius 1 is 1.33 bits per heavy atom. The van der Waals surface area contributed by atoms with Crippen LogP contribution in [0.15, 0.2) is 4.42 Å². The van der Waals surface area contributed by atoms with Crippen LogP contribution in [0.25, 0.3) is 0 Å². The molecule has 0 aromatic carbocycles. The molecule has 1 aromatic rings. The van der Waals surface area contributed by atoms with Crippen molar-refractivity contribution in [1.82, 2.24) is 15.6 Å². The highest BCUT2D eigenvalue weighted by atomic mass is 16.4. The largest absolute Gasteiger partial charge is 0.444 e. The highest BCUT2D eigenvalue weighted by Crippen LogP contribution is 2.07. The van der Waals surface area contributed by atoms with Crippen LogP contribution in [-0.4, -0.2) is 23.5 Å². The first kappa shape index (κ1) is 14.7.